The third kappa shape index (κ3) is 4.79. The zero-order chi connectivity index (χ0) is 8.85. The van der Waals surface area contributed by atoms with Crippen LogP contribution in [-0.2, 0) is 14.3 Å². The maximum atomic E-state index is 10.8. The lowest BCUT2D eigenvalue weighted by atomic mass is 10.1. The minimum atomic E-state index is -0.555. The predicted octanol–water partition coefficient (Wildman–Crippen LogP) is 0.994. The lowest BCUT2D eigenvalue weighted by Crippen LogP contribution is -2.18. The van der Waals surface area contributed by atoms with Crippen LogP contribution in [0.3, 0.4) is 0 Å². The van der Waals surface area contributed by atoms with Crippen LogP contribution in [0, 0.1) is 5.92 Å². The van der Waals surface area contributed by atoms with Crippen LogP contribution in [0.2, 0.25) is 0 Å². The molecule has 0 amide bonds. The molecule has 64 valence electrons. The van der Waals surface area contributed by atoms with Gasteiger partial charge in [0.2, 0.25) is 0 Å². The van der Waals surface area contributed by atoms with Gasteiger partial charge >= 0.3 is 5.97 Å². The van der Waals surface area contributed by atoms with E-state index in [-0.39, 0.29) is 24.2 Å². The number of alkyl halides is 1. The fourth-order valence-corrected chi connectivity index (χ4v) is 0.434. The molecular formula is C7H11ClO3. The molecule has 0 heterocycles. The number of hydrogen-bond acceptors (Lipinski definition) is 3. The molecule has 0 rings (SSSR count). The maximum absolute atomic E-state index is 10.8. The standard InChI is InChI=1S/C7H11ClO3/c1-5(2)6(9)4-11-7(10)3-8/h5H,3-4H2,1-2H3. The van der Waals surface area contributed by atoms with Gasteiger partial charge in [-0.25, -0.2) is 0 Å². The van der Waals surface area contributed by atoms with Gasteiger partial charge in [-0.2, -0.15) is 0 Å². The topological polar surface area (TPSA) is 43.4 Å². The van der Waals surface area contributed by atoms with E-state index in [1.165, 1.54) is 0 Å². The Morgan fingerprint density at radius 3 is 2.36 bits per heavy atom. The maximum Gasteiger partial charge on any atom is 0.321 e. The first-order chi connectivity index (χ1) is 5.07. The van der Waals surface area contributed by atoms with Crippen LogP contribution < -0.4 is 0 Å². The number of carbonyl (C=O) groups excluding carboxylic acids is 2. The summed E-state index contributed by atoms with van der Waals surface area (Å²) < 4.78 is 4.49. The third-order valence-corrected chi connectivity index (χ3v) is 1.35. The van der Waals surface area contributed by atoms with E-state index in [9.17, 15) is 9.59 Å². The lowest BCUT2D eigenvalue weighted by molar-refractivity contribution is -0.146. The van der Waals surface area contributed by atoms with Gasteiger partial charge in [0.1, 0.15) is 12.5 Å². The van der Waals surface area contributed by atoms with Gasteiger partial charge in [-0.15, -0.1) is 11.6 Å². The number of halogens is 1. The summed E-state index contributed by atoms with van der Waals surface area (Å²) in [6.45, 7) is 3.33. The van der Waals surface area contributed by atoms with Crippen molar-refractivity contribution >= 4 is 23.4 Å². The molecule has 0 aliphatic heterocycles. The summed E-state index contributed by atoms with van der Waals surface area (Å²) in [6, 6.07) is 0. The highest BCUT2D eigenvalue weighted by atomic mass is 35.5. The van der Waals surface area contributed by atoms with Crippen molar-refractivity contribution < 1.29 is 14.3 Å². The van der Waals surface area contributed by atoms with Crippen LogP contribution in [0.15, 0.2) is 0 Å². The van der Waals surface area contributed by atoms with Crippen LogP contribution in [0.1, 0.15) is 13.8 Å². The molecule has 0 aromatic heterocycles. The number of carbonyl (C=O) groups is 2. The second-order valence-electron chi connectivity index (χ2n) is 2.42. The minimum Gasteiger partial charge on any atom is -0.457 e. The van der Waals surface area contributed by atoms with Crippen LogP contribution >= 0.6 is 11.6 Å². The van der Waals surface area contributed by atoms with Crippen molar-refractivity contribution in [1.82, 2.24) is 0 Å². The van der Waals surface area contributed by atoms with E-state index in [1.54, 1.807) is 13.8 Å². The molecule has 0 saturated carbocycles. The smallest absolute Gasteiger partial charge is 0.321 e. The van der Waals surface area contributed by atoms with Gasteiger partial charge in [0.25, 0.3) is 0 Å². The molecule has 0 aliphatic rings. The van der Waals surface area contributed by atoms with Crippen molar-refractivity contribution in [2.24, 2.45) is 5.92 Å². The number of esters is 1. The van der Waals surface area contributed by atoms with Crippen molar-refractivity contribution in [1.29, 1.82) is 0 Å². The molecule has 0 saturated heterocycles. The van der Waals surface area contributed by atoms with Gasteiger partial charge in [0, 0.05) is 5.92 Å². The Morgan fingerprint density at radius 2 is 2.00 bits per heavy atom. The van der Waals surface area contributed by atoms with E-state index in [0.29, 0.717) is 0 Å². The normalized spacial score (nSPS) is 9.82. The number of hydrogen-bond donors (Lipinski definition) is 0. The van der Waals surface area contributed by atoms with Gasteiger partial charge in [-0.05, 0) is 0 Å². The summed E-state index contributed by atoms with van der Waals surface area (Å²) in [6.07, 6.45) is 0. The van der Waals surface area contributed by atoms with E-state index < -0.39 is 5.97 Å². The monoisotopic (exact) mass is 178 g/mol. The molecule has 0 bridgehead atoms. The number of rotatable bonds is 4. The summed E-state index contributed by atoms with van der Waals surface area (Å²) in [7, 11) is 0. The highest BCUT2D eigenvalue weighted by Gasteiger charge is 2.09. The average Bonchev–Trinajstić information content (AvgIpc) is 1.99. The summed E-state index contributed by atoms with van der Waals surface area (Å²) in [5.74, 6) is -0.951. The van der Waals surface area contributed by atoms with Gasteiger partial charge in [0.15, 0.2) is 5.78 Å². The zero-order valence-electron chi connectivity index (χ0n) is 6.59. The third-order valence-electron chi connectivity index (χ3n) is 1.13. The molecule has 0 radical (unpaired) electrons. The summed E-state index contributed by atoms with van der Waals surface area (Å²) in [5, 5.41) is 0. The van der Waals surface area contributed by atoms with E-state index in [0.717, 1.165) is 0 Å². The highest BCUT2D eigenvalue weighted by molar-refractivity contribution is 6.26. The summed E-state index contributed by atoms with van der Waals surface area (Å²) >= 11 is 5.13. The zero-order valence-corrected chi connectivity index (χ0v) is 7.35. The molecule has 4 heteroatoms. The van der Waals surface area contributed by atoms with Crippen LogP contribution in [0.5, 0.6) is 0 Å². The Balaban J connectivity index is 3.54. The first-order valence-electron chi connectivity index (χ1n) is 3.32. The molecule has 0 aromatic rings. The second kappa shape index (κ2) is 5.13. The average molecular weight is 179 g/mol. The molecule has 11 heavy (non-hydrogen) atoms. The fourth-order valence-electron chi connectivity index (χ4n) is 0.357. The number of Topliss-reactive ketones (excluding diaryl/α,β-unsaturated/α-hetero) is 1. The predicted molar refractivity (Wildman–Crippen MR) is 41.5 cm³/mol. The van der Waals surface area contributed by atoms with Crippen molar-refractivity contribution in [2.45, 2.75) is 13.8 Å². The minimum absolute atomic E-state index is 0.0940. The molecule has 0 N–H and O–H groups in total. The van der Waals surface area contributed by atoms with Crippen molar-refractivity contribution in [3.63, 3.8) is 0 Å². The van der Waals surface area contributed by atoms with Gasteiger partial charge < -0.3 is 4.74 Å². The second-order valence-corrected chi connectivity index (χ2v) is 2.68. The van der Waals surface area contributed by atoms with E-state index in [4.69, 9.17) is 11.6 Å². The van der Waals surface area contributed by atoms with E-state index in [1.807, 2.05) is 0 Å². The number of ketones is 1. The van der Waals surface area contributed by atoms with Gasteiger partial charge in [-0.3, -0.25) is 9.59 Å². The SMILES string of the molecule is CC(C)C(=O)COC(=O)CCl. The largest absolute Gasteiger partial charge is 0.457 e. The molecule has 0 fully saturated rings. The lowest BCUT2D eigenvalue weighted by Gasteiger charge is -2.03. The first-order valence-corrected chi connectivity index (χ1v) is 3.85. The van der Waals surface area contributed by atoms with Crippen molar-refractivity contribution in [2.75, 3.05) is 12.5 Å². The van der Waals surface area contributed by atoms with Gasteiger partial charge in [-0.1, -0.05) is 13.8 Å². The molecule has 0 spiro atoms. The Labute approximate surface area is 70.7 Å². The van der Waals surface area contributed by atoms with E-state index in [2.05, 4.69) is 4.74 Å². The Kier molecular flexibility index (Phi) is 4.86. The molecule has 3 nitrogen and oxygen atoms in total. The Hall–Kier alpha value is -0.570. The molecule has 0 atom stereocenters. The molecule has 0 aliphatic carbocycles. The molecule has 0 aromatic carbocycles. The first kappa shape index (κ1) is 10.4. The van der Waals surface area contributed by atoms with Gasteiger partial charge in [0.05, 0.1) is 0 Å². The van der Waals surface area contributed by atoms with Crippen molar-refractivity contribution in [3.8, 4) is 0 Å². The molecule has 0 unspecified atom stereocenters. The molecular weight excluding hydrogens is 168 g/mol. The number of ether oxygens (including phenoxy) is 1. The summed E-state index contributed by atoms with van der Waals surface area (Å²) in [4.78, 5) is 21.3. The highest BCUT2D eigenvalue weighted by Crippen LogP contribution is 1.94. The van der Waals surface area contributed by atoms with Crippen LogP contribution in [-0.4, -0.2) is 24.2 Å². The van der Waals surface area contributed by atoms with Crippen molar-refractivity contribution in [3.05, 3.63) is 0 Å². The van der Waals surface area contributed by atoms with Crippen LogP contribution in [0.25, 0.3) is 0 Å². The quantitative estimate of drug-likeness (QED) is 0.477. The van der Waals surface area contributed by atoms with E-state index >= 15 is 0 Å². The fraction of sp³-hybridized carbons (Fsp3) is 0.714. The van der Waals surface area contributed by atoms with Crippen LogP contribution in [0.4, 0.5) is 0 Å². The Bertz CT molecular complexity index is 154. The summed E-state index contributed by atoms with van der Waals surface area (Å²) in [5.41, 5.74) is 0. The Morgan fingerprint density at radius 1 is 1.45 bits per heavy atom.